The minimum Gasteiger partial charge on any atom is -0.300 e. The average Bonchev–Trinajstić information content (AvgIpc) is 2.22. The van der Waals surface area contributed by atoms with Gasteiger partial charge in [0.2, 0.25) is 0 Å². The number of carbonyl (C=O) groups is 3. The molecule has 0 spiro atoms. The molecule has 0 fully saturated rings. The monoisotopic (exact) mass is 244 g/mol. The Morgan fingerprint density at radius 1 is 1.19 bits per heavy atom. The highest BCUT2D eigenvalue weighted by Crippen LogP contribution is 2.14. The molecule has 0 aliphatic rings. The van der Waals surface area contributed by atoms with Crippen molar-refractivity contribution in [3.8, 4) is 0 Å². The number of hydrogen-bond acceptors (Lipinski definition) is 4. The van der Waals surface area contributed by atoms with Crippen molar-refractivity contribution in [3.05, 3.63) is 0 Å². The Hall–Kier alpha value is -0.640. The molecule has 3 nitrogen and oxygen atoms in total. The van der Waals surface area contributed by atoms with Gasteiger partial charge in [0.05, 0.1) is 5.75 Å². The number of rotatable bonds is 9. The van der Waals surface area contributed by atoms with Crippen LogP contribution >= 0.6 is 11.8 Å². The summed E-state index contributed by atoms with van der Waals surface area (Å²) in [6, 6.07) is 0. The maximum Gasteiger partial charge on any atom is 0.143 e. The third kappa shape index (κ3) is 6.77. The topological polar surface area (TPSA) is 51.2 Å². The molecule has 92 valence electrons. The van der Waals surface area contributed by atoms with E-state index in [1.165, 1.54) is 18.7 Å². The van der Waals surface area contributed by atoms with Crippen LogP contribution in [0.3, 0.4) is 0 Å². The molecule has 16 heavy (non-hydrogen) atoms. The summed E-state index contributed by atoms with van der Waals surface area (Å²) in [6.07, 6.45) is 3.45. The number of carbonyl (C=O) groups excluding carboxylic acids is 3. The summed E-state index contributed by atoms with van der Waals surface area (Å²) in [7, 11) is 0. The first kappa shape index (κ1) is 15.4. The Labute approximate surface area is 101 Å². The molecule has 4 heteroatoms. The molecule has 0 radical (unpaired) electrons. The van der Waals surface area contributed by atoms with Gasteiger partial charge < -0.3 is 4.79 Å². The van der Waals surface area contributed by atoms with Crippen molar-refractivity contribution < 1.29 is 14.4 Å². The highest BCUT2D eigenvalue weighted by molar-refractivity contribution is 7.99. The summed E-state index contributed by atoms with van der Waals surface area (Å²) in [5.74, 6) is 0.470. The van der Waals surface area contributed by atoms with Crippen LogP contribution in [0.25, 0.3) is 0 Å². The third-order valence-electron chi connectivity index (χ3n) is 2.44. The first-order chi connectivity index (χ1) is 7.51. The molecule has 0 aliphatic carbocycles. The lowest BCUT2D eigenvalue weighted by Crippen LogP contribution is -2.18. The van der Waals surface area contributed by atoms with Crippen LogP contribution in [-0.4, -0.2) is 29.4 Å². The number of thioether (sulfide) groups is 1. The van der Waals surface area contributed by atoms with E-state index < -0.39 is 0 Å². The Morgan fingerprint density at radius 3 is 2.25 bits per heavy atom. The zero-order valence-electron chi connectivity index (χ0n) is 10.2. The van der Waals surface area contributed by atoms with E-state index in [1.54, 1.807) is 0 Å². The van der Waals surface area contributed by atoms with Crippen LogP contribution in [0.15, 0.2) is 0 Å². The predicted octanol–water partition coefficient (Wildman–Crippen LogP) is 2.27. The van der Waals surface area contributed by atoms with Crippen molar-refractivity contribution in [2.24, 2.45) is 5.92 Å². The van der Waals surface area contributed by atoms with Crippen molar-refractivity contribution in [1.82, 2.24) is 0 Å². The summed E-state index contributed by atoms with van der Waals surface area (Å²) in [6.45, 7) is 3.39. The van der Waals surface area contributed by atoms with Crippen LogP contribution in [0, 0.1) is 5.92 Å². The molecular formula is C12H20O3S. The molecule has 0 N–H and O–H groups in total. The van der Waals surface area contributed by atoms with Gasteiger partial charge in [-0.2, -0.15) is 11.8 Å². The fraction of sp³-hybridized carbons (Fsp3) is 0.750. The van der Waals surface area contributed by atoms with Gasteiger partial charge in [-0.05, 0) is 19.6 Å². The van der Waals surface area contributed by atoms with Gasteiger partial charge in [0.25, 0.3) is 0 Å². The Morgan fingerprint density at radius 2 is 1.81 bits per heavy atom. The lowest BCUT2D eigenvalue weighted by Gasteiger charge is -2.11. The second-order valence-electron chi connectivity index (χ2n) is 3.95. The van der Waals surface area contributed by atoms with Crippen LogP contribution in [0.4, 0.5) is 0 Å². The molecule has 0 heterocycles. The maximum atomic E-state index is 11.7. The molecule has 0 unspecified atom stereocenters. The molecule has 0 saturated heterocycles. The lowest BCUT2D eigenvalue weighted by molar-refractivity contribution is -0.128. The van der Waals surface area contributed by atoms with E-state index in [0.29, 0.717) is 25.0 Å². The van der Waals surface area contributed by atoms with Crippen LogP contribution in [-0.2, 0) is 14.4 Å². The van der Waals surface area contributed by atoms with Gasteiger partial charge >= 0.3 is 0 Å². The van der Waals surface area contributed by atoms with Crippen molar-refractivity contribution in [1.29, 1.82) is 0 Å². The van der Waals surface area contributed by atoms with Gasteiger partial charge in [-0.15, -0.1) is 0 Å². The molecule has 0 rings (SSSR count). The molecular weight excluding hydrogens is 224 g/mol. The predicted molar refractivity (Wildman–Crippen MR) is 66.7 cm³/mol. The number of hydrogen-bond donors (Lipinski definition) is 0. The average molecular weight is 244 g/mol. The lowest BCUT2D eigenvalue weighted by atomic mass is 9.92. The summed E-state index contributed by atoms with van der Waals surface area (Å²) in [5, 5.41) is 0. The Bertz CT molecular complexity index is 261. The molecule has 0 aromatic rings. The minimum absolute atomic E-state index is 0.0376. The summed E-state index contributed by atoms with van der Waals surface area (Å²) < 4.78 is 0. The van der Waals surface area contributed by atoms with Crippen LogP contribution < -0.4 is 0 Å². The van der Waals surface area contributed by atoms with Gasteiger partial charge in [-0.1, -0.05) is 6.92 Å². The second-order valence-corrected chi connectivity index (χ2v) is 4.82. The smallest absolute Gasteiger partial charge is 0.143 e. The number of Topliss-reactive ketones (excluding diaryl/α,β-unsaturated/α-hetero) is 3. The SMILES string of the molecule is CC[C@@H](CC(C)=O)C(=O)CCC(=O)CSC. The standard InChI is InChI=1S/C12H20O3S/c1-4-10(7-9(2)13)12(15)6-5-11(14)8-16-3/h10H,4-8H2,1-3H3/t10-/m0/s1. The highest BCUT2D eigenvalue weighted by Gasteiger charge is 2.18. The molecule has 0 amide bonds. The van der Waals surface area contributed by atoms with Crippen molar-refractivity contribution in [2.75, 3.05) is 12.0 Å². The van der Waals surface area contributed by atoms with Gasteiger partial charge in [-0.3, -0.25) is 9.59 Å². The zero-order chi connectivity index (χ0) is 12.6. The van der Waals surface area contributed by atoms with Gasteiger partial charge in [0, 0.05) is 25.2 Å². The molecule has 1 atom stereocenters. The van der Waals surface area contributed by atoms with Crippen molar-refractivity contribution in [2.45, 2.75) is 39.5 Å². The summed E-state index contributed by atoms with van der Waals surface area (Å²) in [4.78, 5) is 33.9. The molecule has 0 aliphatic heterocycles. The largest absolute Gasteiger partial charge is 0.300 e. The minimum atomic E-state index is -0.195. The fourth-order valence-electron chi connectivity index (χ4n) is 1.53. The van der Waals surface area contributed by atoms with E-state index in [1.807, 2.05) is 13.2 Å². The quantitative estimate of drug-likeness (QED) is 0.624. The van der Waals surface area contributed by atoms with Gasteiger partial charge in [0.15, 0.2) is 0 Å². The Kier molecular flexibility index (Phi) is 8.16. The molecule has 0 aromatic heterocycles. The van der Waals surface area contributed by atoms with Crippen LogP contribution in [0.1, 0.15) is 39.5 Å². The maximum absolute atomic E-state index is 11.7. The van der Waals surface area contributed by atoms with E-state index >= 15 is 0 Å². The fourth-order valence-corrected chi connectivity index (χ4v) is 2.00. The van der Waals surface area contributed by atoms with E-state index in [4.69, 9.17) is 0 Å². The normalized spacial score (nSPS) is 12.2. The van der Waals surface area contributed by atoms with Gasteiger partial charge in [0.1, 0.15) is 17.3 Å². The van der Waals surface area contributed by atoms with Crippen LogP contribution in [0.2, 0.25) is 0 Å². The first-order valence-corrected chi connectivity index (χ1v) is 6.93. The second kappa shape index (κ2) is 8.50. The zero-order valence-corrected chi connectivity index (χ0v) is 11.1. The van der Waals surface area contributed by atoms with E-state index in [0.717, 1.165) is 0 Å². The van der Waals surface area contributed by atoms with Gasteiger partial charge in [-0.25, -0.2) is 0 Å². The van der Waals surface area contributed by atoms with Crippen molar-refractivity contribution >= 4 is 29.1 Å². The van der Waals surface area contributed by atoms with Crippen LogP contribution in [0.5, 0.6) is 0 Å². The van der Waals surface area contributed by atoms with E-state index in [-0.39, 0.29) is 29.7 Å². The molecule has 0 saturated carbocycles. The molecule has 0 bridgehead atoms. The highest BCUT2D eigenvalue weighted by atomic mass is 32.2. The Balaban J connectivity index is 4.02. The first-order valence-electron chi connectivity index (χ1n) is 5.54. The number of ketones is 3. The summed E-state index contributed by atoms with van der Waals surface area (Å²) in [5.41, 5.74) is 0. The molecule has 0 aromatic carbocycles. The van der Waals surface area contributed by atoms with E-state index in [2.05, 4.69) is 0 Å². The van der Waals surface area contributed by atoms with E-state index in [9.17, 15) is 14.4 Å². The third-order valence-corrected chi connectivity index (χ3v) is 3.05. The van der Waals surface area contributed by atoms with Crippen molar-refractivity contribution in [3.63, 3.8) is 0 Å². The summed E-state index contributed by atoms with van der Waals surface area (Å²) >= 11 is 1.47.